The van der Waals surface area contributed by atoms with Gasteiger partial charge in [-0.25, -0.2) is 0 Å². The zero-order chi connectivity index (χ0) is 10.8. The van der Waals surface area contributed by atoms with Gasteiger partial charge >= 0.3 is 0 Å². The number of hydrogen-bond acceptors (Lipinski definition) is 3. The van der Waals surface area contributed by atoms with Crippen LogP contribution in [-0.4, -0.2) is 33.7 Å². The van der Waals surface area contributed by atoms with Gasteiger partial charge in [0.05, 0.1) is 18.4 Å². The van der Waals surface area contributed by atoms with Crippen molar-refractivity contribution in [3.05, 3.63) is 12.4 Å². The predicted octanol–water partition coefficient (Wildman–Crippen LogP) is 0.334. The van der Waals surface area contributed by atoms with Crippen LogP contribution in [0.2, 0.25) is 0 Å². The third kappa shape index (κ3) is 2.29. The second-order valence-electron chi connectivity index (χ2n) is 4.19. The van der Waals surface area contributed by atoms with Gasteiger partial charge in [0.25, 0.3) is 0 Å². The largest absolute Gasteiger partial charge is 0.396 e. The Bertz CT molecular complexity index is 360. The van der Waals surface area contributed by atoms with Crippen LogP contribution in [0.15, 0.2) is 12.4 Å². The van der Waals surface area contributed by atoms with Crippen molar-refractivity contribution in [3.8, 4) is 0 Å². The molecule has 1 aliphatic rings. The lowest BCUT2D eigenvalue weighted by Gasteiger charge is -2.15. The number of carbonyl (C=O) groups excluding carboxylic acids is 1. The molecule has 1 amide bonds. The number of rotatable bonds is 3. The number of hydrogen-bond donors (Lipinski definition) is 1. The lowest BCUT2D eigenvalue weighted by molar-refractivity contribution is -0.127. The molecule has 1 saturated heterocycles. The summed E-state index contributed by atoms with van der Waals surface area (Å²) in [4.78, 5) is 13.4. The summed E-state index contributed by atoms with van der Waals surface area (Å²) in [5.74, 6) is 0.739. The molecule has 2 N–H and O–H groups in total. The molecule has 5 heteroatoms. The van der Waals surface area contributed by atoms with Crippen LogP contribution in [0.5, 0.6) is 0 Å². The van der Waals surface area contributed by atoms with E-state index in [1.807, 2.05) is 4.90 Å². The highest BCUT2D eigenvalue weighted by atomic mass is 16.2. The number of carbonyl (C=O) groups is 1. The average molecular weight is 208 g/mol. The molecule has 82 valence electrons. The van der Waals surface area contributed by atoms with Crippen LogP contribution in [0.1, 0.15) is 13.3 Å². The van der Waals surface area contributed by atoms with E-state index in [9.17, 15) is 4.79 Å². The van der Waals surface area contributed by atoms with E-state index in [1.54, 1.807) is 17.1 Å². The van der Waals surface area contributed by atoms with Crippen LogP contribution in [0.3, 0.4) is 0 Å². The molecule has 1 unspecified atom stereocenters. The first-order chi connectivity index (χ1) is 7.15. The van der Waals surface area contributed by atoms with Crippen molar-refractivity contribution >= 4 is 11.6 Å². The Labute approximate surface area is 88.8 Å². The van der Waals surface area contributed by atoms with E-state index in [1.165, 1.54) is 0 Å². The predicted molar refractivity (Wildman–Crippen MR) is 57.0 cm³/mol. The summed E-state index contributed by atoms with van der Waals surface area (Å²) in [6, 6.07) is 0. The third-order valence-corrected chi connectivity index (χ3v) is 2.66. The molecule has 0 radical (unpaired) electrons. The van der Waals surface area contributed by atoms with Crippen molar-refractivity contribution in [3.63, 3.8) is 0 Å². The zero-order valence-electron chi connectivity index (χ0n) is 8.89. The highest BCUT2D eigenvalue weighted by molar-refractivity contribution is 5.78. The van der Waals surface area contributed by atoms with Gasteiger partial charge in [0.1, 0.15) is 0 Å². The molecular formula is C10H16N4O. The monoisotopic (exact) mass is 208 g/mol. The fourth-order valence-electron chi connectivity index (χ4n) is 1.91. The van der Waals surface area contributed by atoms with Gasteiger partial charge in [0, 0.05) is 25.7 Å². The number of nitrogen functional groups attached to an aromatic ring is 1. The normalized spacial score (nSPS) is 21.3. The molecule has 0 bridgehead atoms. The number of anilines is 1. The van der Waals surface area contributed by atoms with Gasteiger partial charge in [-0.2, -0.15) is 5.10 Å². The number of aromatic nitrogens is 2. The molecule has 2 heterocycles. The van der Waals surface area contributed by atoms with Crippen molar-refractivity contribution in [2.75, 3.05) is 18.8 Å². The Kier molecular flexibility index (Phi) is 2.62. The van der Waals surface area contributed by atoms with Crippen molar-refractivity contribution in [1.82, 2.24) is 14.7 Å². The van der Waals surface area contributed by atoms with Gasteiger partial charge in [-0.1, -0.05) is 6.92 Å². The van der Waals surface area contributed by atoms with Crippen LogP contribution in [-0.2, 0) is 11.3 Å². The maximum atomic E-state index is 11.5. The minimum absolute atomic E-state index is 0.252. The standard InChI is InChI=1S/C10H16N4O/c1-8-4-10(15)13(6-8)2-3-14-7-9(11)5-12-14/h5,7-8H,2-4,6,11H2,1H3. The Balaban J connectivity index is 1.86. The Morgan fingerprint density at radius 1 is 1.60 bits per heavy atom. The summed E-state index contributed by atoms with van der Waals surface area (Å²) >= 11 is 0. The topological polar surface area (TPSA) is 64.2 Å². The minimum atomic E-state index is 0.252. The average Bonchev–Trinajstić information content (AvgIpc) is 2.70. The Morgan fingerprint density at radius 3 is 2.93 bits per heavy atom. The SMILES string of the molecule is CC1CC(=O)N(CCn2cc(N)cn2)C1. The lowest BCUT2D eigenvalue weighted by atomic mass is 10.2. The molecule has 1 aromatic heterocycles. The molecule has 1 aromatic rings. The zero-order valence-corrected chi connectivity index (χ0v) is 8.89. The van der Waals surface area contributed by atoms with E-state index < -0.39 is 0 Å². The van der Waals surface area contributed by atoms with Crippen molar-refractivity contribution < 1.29 is 4.79 Å². The Hall–Kier alpha value is -1.52. The first kappa shape index (κ1) is 10.0. The van der Waals surface area contributed by atoms with Crippen LogP contribution in [0.4, 0.5) is 5.69 Å². The summed E-state index contributed by atoms with van der Waals surface area (Å²) in [6.07, 6.45) is 4.08. The maximum absolute atomic E-state index is 11.5. The van der Waals surface area contributed by atoms with Crippen molar-refractivity contribution in [1.29, 1.82) is 0 Å². The summed E-state index contributed by atoms with van der Waals surface area (Å²) < 4.78 is 1.77. The van der Waals surface area contributed by atoms with Crippen LogP contribution in [0.25, 0.3) is 0 Å². The number of amides is 1. The molecule has 0 aromatic carbocycles. The van der Waals surface area contributed by atoms with Gasteiger partial charge in [-0.15, -0.1) is 0 Å². The van der Waals surface area contributed by atoms with E-state index in [4.69, 9.17) is 5.73 Å². The molecule has 0 saturated carbocycles. The molecule has 1 fully saturated rings. The quantitative estimate of drug-likeness (QED) is 0.778. The highest BCUT2D eigenvalue weighted by Crippen LogP contribution is 2.16. The van der Waals surface area contributed by atoms with Gasteiger partial charge in [-0.05, 0) is 5.92 Å². The fraction of sp³-hybridized carbons (Fsp3) is 0.600. The van der Waals surface area contributed by atoms with Gasteiger partial charge < -0.3 is 10.6 Å². The highest BCUT2D eigenvalue weighted by Gasteiger charge is 2.25. The maximum Gasteiger partial charge on any atom is 0.222 e. The molecule has 15 heavy (non-hydrogen) atoms. The summed E-state index contributed by atoms with van der Waals surface area (Å²) in [5, 5.41) is 4.07. The number of nitrogens with two attached hydrogens (primary N) is 1. The smallest absolute Gasteiger partial charge is 0.222 e. The second kappa shape index (κ2) is 3.92. The second-order valence-corrected chi connectivity index (χ2v) is 4.19. The van der Waals surface area contributed by atoms with E-state index in [-0.39, 0.29) is 5.91 Å². The summed E-state index contributed by atoms with van der Waals surface area (Å²) in [5.41, 5.74) is 6.21. The van der Waals surface area contributed by atoms with Crippen LogP contribution < -0.4 is 5.73 Å². The van der Waals surface area contributed by atoms with Crippen LogP contribution >= 0.6 is 0 Å². The molecule has 0 spiro atoms. The fourth-order valence-corrected chi connectivity index (χ4v) is 1.91. The molecule has 2 rings (SSSR count). The number of nitrogens with zero attached hydrogens (tertiary/aromatic N) is 3. The van der Waals surface area contributed by atoms with Gasteiger partial charge in [0.2, 0.25) is 5.91 Å². The molecule has 1 atom stereocenters. The molecule has 5 nitrogen and oxygen atoms in total. The summed E-state index contributed by atoms with van der Waals surface area (Å²) in [7, 11) is 0. The summed E-state index contributed by atoms with van der Waals surface area (Å²) in [6.45, 7) is 4.42. The first-order valence-electron chi connectivity index (χ1n) is 5.21. The molecule has 0 aliphatic carbocycles. The minimum Gasteiger partial charge on any atom is -0.396 e. The van der Waals surface area contributed by atoms with E-state index in [2.05, 4.69) is 12.0 Å². The van der Waals surface area contributed by atoms with Crippen molar-refractivity contribution in [2.24, 2.45) is 5.92 Å². The van der Waals surface area contributed by atoms with E-state index in [0.717, 1.165) is 19.6 Å². The van der Waals surface area contributed by atoms with Gasteiger partial charge in [0.15, 0.2) is 0 Å². The molecule has 1 aliphatic heterocycles. The Morgan fingerprint density at radius 2 is 2.40 bits per heavy atom. The van der Waals surface area contributed by atoms with E-state index >= 15 is 0 Å². The van der Waals surface area contributed by atoms with Crippen molar-refractivity contribution in [2.45, 2.75) is 19.9 Å². The first-order valence-corrected chi connectivity index (χ1v) is 5.21. The number of likely N-dealkylation sites (tertiary alicyclic amines) is 1. The van der Waals surface area contributed by atoms with E-state index in [0.29, 0.717) is 18.0 Å². The van der Waals surface area contributed by atoms with Crippen LogP contribution in [0, 0.1) is 5.92 Å². The third-order valence-electron chi connectivity index (χ3n) is 2.66. The molecular weight excluding hydrogens is 192 g/mol. The van der Waals surface area contributed by atoms with Gasteiger partial charge in [-0.3, -0.25) is 9.48 Å². The lowest BCUT2D eigenvalue weighted by Crippen LogP contribution is -2.29.